The van der Waals surface area contributed by atoms with Crippen LogP contribution >= 0.6 is 11.8 Å². The van der Waals surface area contributed by atoms with Gasteiger partial charge in [0.05, 0.1) is 5.56 Å². The van der Waals surface area contributed by atoms with Gasteiger partial charge in [-0.2, -0.15) is 8.78 Å². The summed E-state index contributed by atoms with van der Waals surface area (Å²) in [7, 11) is -1.04. The van der Waals surface area contributed by atoms with Gasteiger partial charge < -0.3 is 9.15 Å². The van der Waals surface area contributed by atoms with E-state index in [4.69, 9.17) is 9.15 Å². The fraction of sp³-hybridized carbons (Fsp3) is 0.286. The van der Waals surface area contributed by atoms with E-state index in [1.165, 1.54) is 44.6 Å². The highest BCUT2D eigenvalue weighted by Gasteiger charge is 2.22. The number of nitrogens with zero attached hydrogens (tertiary/aromatic N) is 2. The van der Waals surface area contributed by atoms with Gasteiger partial charge in [0.15, 0.2) is 0 Å². The number of esters is 1. The summed E-state index contributed by atoms with van der Waals surface area (Å²) in [6.07, 6.45) is 1.28. The molecule has 0 amide bonds. The Balaban J connectivity index is 2.08. The first-order valence-electron chi connectivity index (χ1n) is 6.80. The molecule has 0 bridgehead atoms. The van der Waals surface area contributed by atoms with E-state index in [0.29, 0.717) is 0 Å². The first kappa shape index (κ1) is 19.3. The summed E-state index contributed by atoms with van der Waals surface area (Å²) in [6, 6.07) is 5.31. The van der Waals surface area contributed by atoms with Crippen LogP contribution in [0.4, 0.5) is 8.78 Å². The average Bonchev–Trinajstić information content (AvgIpc) is 3.02. The van der Waals surface area contributed by atoms with Gasteiger partial charge in [0.1, 0.15) is 17.4 Å². The van der Waals surface area contributed by atoms with E-state index in [1.807, 2.05) is 0 Å². The van der Waals surface area contributed by atoms with Gasteiger partial charge >= 0.3 is 5.97 Å². The molecule has 0 radical (unpaired) electrons. The van der Waals surface area contributed by atoms with E-state index in [2.05, 4.69) is 4.98 Å². The highest BCUT2D eigenvalue weighted by atomic mass is 32.2. The predicted molar refractivity (Wildman–Crippen MR) is 84.8 cm³/mol. The smallest absolute Gasteiger partial charge is 0.341 e. The van der Waals surface area contributed by atoms with Gasteiger partial charge in [0.25, 0.3) is 15.8 Å². The summed E-state index contributed by atoms with van der Waals surface area (Å²) in [6.45, 7) is -0.352. The number of hydrogen-bond donors (Lipinski definition) is 0. The number of aromatic nitrogens is 1. The van der Waals surface area contributed by atoms with Crippen molar-refractivity contribution in [2.75, 3.05) is 14.1 Å². The van der Waals surface area contributed by atoms with Crippen molar-refractivity contribution in [1.82, 2.24) is 9.29 Å². The molecule has 0 spiro atoms. The Bertz CT molecular complexity index is 852. The fourth-order valence-electron chi connectivity index (χ4n) is 1.69. The SMILES string of the molecule is CN(C)S(=O)(=O)c1ccc(COC(=O)c2cccnc2SC(F)F)o1. The number of carbonyl (C=O) groups is 1. The molecule has 25 heavy (non-hydrogen) atoms. The van der Waals surface area contributed by atoms with Crippen molar-refractivity contribution in [3.63, 3.8) is 0 Å². The van der Waals surface area contributed by atoms with E-state index in [-0.39, 0.29) is 39.8 Å². The molecular weight excluding hydrogens is 378 g/mol. The van der Waals surface area contributed by atoms with Gasteiger partial charge in [-0.05, 0) is 36.0 Å². The van der Waals surface area contributed by atoms with Crippen molar-refractivity contribution < 1.29 is 31.1 Å². The van der Waals surface area contributed by atoms with Gasteiger partial charge in [-0.3, -0.25) is 0 Å². The average molecular weight is 392 g/mol. The van der Waals surface area contributed by atoms with E-state index < -0.39 is 21.8 Å². The topological polar surface area (TPSA) is 89.7 Å². The Morgan fingerprint density at radius 2 is 2.08 bits per heavy atom. The number of furan rings is 1. The quantitative estimate of drug-likeness (QED) is 0.528. The van der Waals surface area contributed by atoms with Crippen LogP contribution in [0.5, 0.6) is 0 Å². The molecule has 2 rings (SSSR count). The number of thioether (sulfide) groups is 1. The second-order valence-corrected chi connectivity index (χ2v) is 7.88. The third-order valence-electron chi connectivity index (χ3n) is 2.91. The Hall–Kier alpha value is -1.98. The molecule has 0 N–H and O–H groups in total. The number of carbonyl (C=O) groups excluding carboxylic acids is 1. The first-order valence-corrected chi connectivity index (χ1v) is 9.12. The Labute approximate surface area is 147 Å². The van der Waals surface area contributed by atoms with E-state index in [0.717, 1.165) is 4.31 Å². The zero-order valence-electron chi connectivity index (χ0n) is 13.2. The highest BCUT2D eigenvalue weighted by molar-refractivity contribution is 7.99. The van der Waals surface area contributed by atoms with Crippen molar-refractivity contribution in [2.45, 2.75) is 22.5 Å². The molecule has 7 nitrogen and oxygen atoms in total. The lowest BCUT2D eigenvalue weighted by atomic mass is 10.3. The van der Waals surface area contributed by atoms with Gasteiger partial charge in [0, 0.05) is 20.3 Å². The van der Waals surface area contributed by atoms with Crippen LogP contribution in [0.2, 0.25) is 0 Å². The molecule has 0 fully saturated rings. The predicted octanol–water partition coefficient (Wildman–Crippen LogP) is 2.60. The molecular formula is C14H14F2N2O5S2. The third kappa shape index (κ3) is 4.77. The van der Waals surface area contributed by atoms with E-state index >= 15 is 0 Å². The Morgan fingerprint density at radius 1 is 1.36 bits per heavy atom. The molecule has 11 heteroatoms. The molecule has 0 atom stereocenters. The van der Waals surface area contributed by atoms with Crippen LogP contribution in [0.1, 0.15) is 16.1 Å². The molecule has 2 aromatic rings. The second kappa shape index (κ2) is 7.93. The number of rotatable bonds is 7. The molecule has 0 unspecified atom stereocenters. The molecule has 0 aliphatic carbocycles. The summed E-state index contributed by atoms with van der Waals surface area (Å²) in [5, 5.41) is -0.448. The number of sulfonamides is 1. The van der Waals surface area contributed by atoms with Crippen molar-refractivity contribution in [3.05, 3.63) is 41.8 Å². The van der Waals surface area contributed by atoms with Crippen LogP contribution in [-0.4, -0.2) is 43.5 Å². The monoisotopic (exact) mass is 392 g/mol. The summed E-state index contributed by atoms with van der Waals surface area (Å²) < 4.78 is 59.9. The van der Waals surface area contributed by atoms with Crippen LogP contribution in [0, 0.1) is 0 Å². The second-order valence-electron chi connectivity index (χ2n) is 4.82. The van der Waals surface area contributed by atoms with Crippen molar-refractivity contribution in [3.8, 4) is 0 Å². The Kier molecular flexibility index (Phi) is 6.14. The molecule has 136 valence electrons. The maximum Gasteiger partial charge on any atom is 0.341 e. The van der Waals surface area contributed by atoms with E-state index in [9.17, 15) is 22.0 Å². The van der Waals surface area contributed by atoms with Crippen molar-refractivity contribution in [1.29, 1.82) is 0 Å². The van der Waals surface area contributed by atoms with Crippen molar-refractivity contribution >= 4 is 27.8 Å². The van der Waals surface area contributed by atoms with Gasteiger partial charge in [-0.1, -0.05) is 0 Å². The van der Waals surface area contributed by atoms with E-state index in [1.54, 1.807) is 0 Å². The standard InChI is InChI=1S/C14H14F2N2O5S2/c1-18(2)25(20,21)11-6-5-9(23-11)8-22-13(19)10-4-3-7-17-12(10)24-14(15)16/h3-7,14H,8H2,1-2H3. The molecule has 2 heterocycles. The number of ether oxygens (including phenoxy) is 1. The maximum atomic E-state index is 12.5. The van der Waals surface area contributed by atoms with Crippen molar-refractivity contribution in [2.24, 2.45) is 0 Å². The molecule has 0 aliphatic heterocycles. The normalized spacial score (nSPS) is 11.9. The lowest BCUT2D eigenvalue weighted by Crippen LogP contribution is -2.21. The number of halogens is 2. The lowest BCUT2D eigenvalue weighted by molar-refractivity contribution is 0.0435. The molecule has 0 aliphatic rings. The molecule has 0 saturated carbocycles. The molecule has 2 aromatic heterocycles. The minimum atomic E-state index is -3.74. The van der Waals surface area contributed by atoms with Crippen LogP contribution in [0.15, 0.2) is 45.0 Å². The van der Waals surface area contributed by atoms with Crippen LogP contribution in [0.25, 0.3) is 0 Å². The lowest BCUT2D eigenvalue weighted by Gasteiger charge is -2.08. The van der Waals surface area contributed by atoms with Gasteiger partial charge in [0.2, 0.25) is 5.09 Å². The fourth-order valence-corrected chi connectivity index (χ4v) is 3.07. The number of hydrogen-bond acceptors (Lipinski definition) is 7. The molecule has 0 aromatic carbocycles. The largest absolute Gasteiger partial charge is 0.454 e. The summed E-state index contributed by atoms with van der Waals surface area (Å²) in [4.78, 5) is 15.8. The third-order valence-corrected chi connectivity index (χ3v) is 5.33. The number of pyridine rings is 1. The zero-order chi connectivity index (χ0) is 18.6. The summed E-state index contributed by atoms with van der Waals surface area (Å²) >= 11 is 0.132. The van der Waals surface area contributed by atoms with Crippen LogP contribution < -0.4 is 0 Å². The minimum absolute atomic E-state index is 0.0979. The Morgan fingerprint density at radius 3 is 2.72 bits per heavy atom. The summed E-state index contributed by atoms with van der Waals surface area (Å²) in [5.74, 6) is -3.50. The highest BCUT2D eigenvalue weighted by Crippen LogP contribution is 2.27. The maximum absolute atomic E-state index is 12.5. The van der Waals surface area contributed by atoms with Crippen LogP contribution in [-0.2, 0) is 21.4 Å². The summed E-state index contributed by atoms with van der Waals surface area (Å²) in [5.41, 5.74) is -0.111. The van der Waals surface area contributed by atoms with Crippen LogP contribution in [0.3, 0.4) is 0 Å². The zero-order valence-corrected chi connectivity index (χ0v) is 14.8. The molecule has 0 saturated heterocycles. The first-order chi connectivity index (χ1) is 11.7. The van der Waals surface area contributed by atoms with Gasteiger partial charge in [-0.15, -0.1) is 0 Å². The number of alkyl halides is 2. The minimum Gasteiger partial charge on any atom is -0.454 e. The van der Waals surface area contributed by atoms with Gasteiger partial charge in [-0.25, -0.2) is 22.5 Å².